The second kappa shape index (κ2) is 11.1. The fraction of sp³-hybridized carbons (Fsp3) is 0.280. The molecule has 1 aromatic heterocycles. The lowest BCUT2D eigenvalue weighted by molar-refractivity contribution is -0.118. The number of carbonyl (C=O) groups excluding carboxylic acids is 2. The Balaban J connectivity index is 1.21. The van der Waals surface area contributed by atoms with E-state index in [9.17, 15) is 9.59 Å². The highest BCUT2D eigenvalue weighted by Gasteiger charge is 2.22. The highest BCUT2D eigenvalue weighted by Crippen LogP contribution is 2.18. The molecule has 9 heteroatoms. The summed E-state index contributed by atoms with van der Waals surface area (Å²) in [7, 11) is 1.57. The fourth-order valence-electron chi connectivity index (χ4n) is 3.70. The van der Waals surface area contributed by atoms with Crippen molar-refractivity contribution >= 4 is 23.5 Å². The first-order valence-electron chi connectivity index (χ1n) is 11.1. The average Bonchev–Trinajstić information content (AvgIpc) is 2.89. The maximum atomic E-state index is 12.6. The predicted octanol–water partition coefficient (Wildman–Crippen LogP) is 2.90. The van der Waals surface area contributed by atoms with E-state index in [0.29, 0.717) is 22.7 Å². The number of nitrogens with one attached hydrogen (secondary N) is 2. The Labute approximate surface area is 198 Å². The van der Waals surface area contributed by atoms with Gasteiger partial charge in [-0.1, -0.05) is 6.07 Å². The molecule has 176 valence electrons. The summed E-state index contributed by atoms with van der Waals surface area (Å²) in [6, 6.07) is 15.7. The normalized spacial score (nSPS) is 13.7. The molecule has 0 radical (unpaired) electrons. The van der Waals surface area contributed by atoms with E-state index in [1.54, 1.807) is 74.1 Å². The van der Waals surface area contributed by atoms with E-state index in [1.807, 2.05) is 0 Å². The van der Waals surface area contributed by atoms with Gasteiger partial charge in [-0.25, -0.2) is 9.97 Å². The van der Waals surface area contributed by atoms with Crippen molar-refractivity contribution in [1.82, 2.24) is 15.3 Å². The van der Waals surface area contributed by atoms with Crippen LogP contribution in [-0.2, 0) is 4.79 Å². The van der Waals surface area contributed by atoms with Crippen LogP contribution in [0.5, 0.6) is 11.5 Å². The van der Waals surface area contributed by atoms with E-state index < -0.39 is 0 Å². The van der Waals surface area contributed by atoms with Crippen LogP contribution < -0.4 is 25.0 Å². The highest BCUT2D eigenvalue weighted by atomic mass is 16.5. The van der Waals surface area contributed by atoms with Crippen molar-refractivity contribution in [2.75, 3.05) is 37.0 Å². The lowest BCUT2D eigenvalue weighted by Crippen LogP contribution is -2.45. The smallest absolute Gasteiger partial charge is 0.262 e. The molecule has 2 heterocycles. The standard InChI is InChI=1S/C25H27N5O4/c1-33-22-5-2-4-20(16-22)28-23(31)17-34-21-8-6-18(7-9-21)24(32)29-19-10-14-30(15-11-19)25-26-12-3-13-27-25/h2-9,12-13,16,19H,10-11,14-15,17H2,1H3,(H,28,31)(H,29,32). The molecule has 0 bridgehead atoms. The molecule has 3 aromatic rings. The number of methoxy groups -OCH3 is 1. The summed E-state index contributed by atoms with van der Waals surface area (Å²) in [6.45, 7) is 1.44. The summed E-state index contributed by atoms with van der Waals surface area (Å²) in [5, 5.41) is 5.85. The molecule has 2 amide bonds. The Morgan fingerprint density at radius 3 is 2.44 bits per heavy atom. The van der Waals surface area contributed by atoms with Gasteiger partial charge in [-0.05, 0) is 55.3 Å². The molecule has 1 saturated heterocycles. The highest BCUT2D eigenvalue weighted by molar-refractivity contribution is 5.94. The van der Waals surface area contributed by atoms with E-state index in [1.165, 1.54) is 0 Å². The number of amides is 2. The van der Waals surface area contributed by atoms with Crippen LogP contribution in [0.3, 0.4) is 0 Å². The SMILES string of the molecule is COc1cccc(NC(=O)COc2ccc(C(=O)NC3CCN(c4ncccn4)CC3)cc2)c1. The van der Waals surface area contributed by atoms with Gasteiger partial charge >= 0.3 is 0 Å². The zero-order valence-corrected chi connectivity index (χ0v) is 18.9. The maximum absolute atomic E-state index is 12.6. The number of aromatic nitrogens is 2. The van der Waals surface area contributed by atoms with E-state index in [4.69, 9.17) is 9.47 Å². The summed E-state index contributed by atoms with van der Waals surface area (Å²) in [5.74, 6) is 1.47. The quantitative estimate of drug-likeness (QED) is 0.531. The Bertz CT molecular complexity index is 1100. The number of benzene rings is 2. The number of hydrogen-bond donors (Lipinski definition) is 2. The topological polar surface area (TPSA) is 106 Å². The van der Waals surface area contributed by atoms with Gasteiger partial charge in [-0.15, -0.1) is 0 Å². The largest absolute Gasteiger partial charge is 0.497 e. The zero-order valence-electron chi connectivity index (χ0n) is 18.9. The van der Waals surface area contributed by atoms with Crippen LogP contribution in [0.4, 0.5) is 11.6 Å². The van der Waals surface area contributed by atoms with Gasteiger partial charge in [-0.3, -0.25) is 9.59 Å². The monoisotopic (exact) mass is 461 g/mol. The Morgan fingerprint density at radius 1 is 1.00 bits per heavy atom. The summed E-state index contributed by atoms with van der Waals surface area (Å²) >= 11 is 0. The van der Waals surface area contributed by atoms with Crippen molar-refractivity contribution in [3.63, 3.8) is 0 Å². The van der Waals surface area contributed by atoms with Crippen molar-refractivity contribution in [2.24, 2.45) is 0 Å². The first-order valence-corrected chi connectivity index (χ1v) is 11.1. The predicted molar refractivity (Wildman–Crippen MR) is 128 cm³/mol. The van der Waals surface area contributed by atoms with E-state index in [-0.39, 0.29) is 24.5 Å². The van der Waals surface area contributed by atoms with Gasteiger partial charge in [0.05, 0.1) is 7.11 Å². The minimum atomic E-state index is -0.290. The van der Waals surface area contributed by atoms with Crippen molar-refractivity contribution < 1.29 is 19.1 Å². The van der Waals surface area contributed by atoms with Crippen molar-refractivity contribution in [2.45, 2.75) is 18.9 Å². The van der Waals surface area contributed by atoms with Gasteiger partial charge < -0.3 is 25.0 Å². The molecule has 0 atom stereocenters. The first-order chi connectivity index (χ1) is 16.6. The van der Waals surface area contributed by atoms with Gasteiger partial charge in [0.25, 0.3) is 11.8 Å². The fourth-order valence-corrected chi connectivity index (χ4v) is 3.70. The summed E-state index contributed by atoms with van der Waals surface area (Å²) in [4.78, 5) is 35.5. The van der Waals surface area contributed by atoms with Crippen LogP contribution in [0.25, 0.3) is 0 Å². The van der Waals surface area contributed by atoms with Crippen LogP contribution in [0.2, 0.25) is 0 Å². The minimum Gasteiger partial charge on any atom is -0.497 e. The number of ether oxygens (including phenoxy) is 2. The number of anilines is 2. The molecule has 1 aliphatic heterocycles. The third kappa shape index (κ3) is 6.22. The van der Waals surface area contributed by atoms with Gasteiger partial charge in [0.1, 0.15) is 11.5 Å². The third-order valence-corrected chi connectivity index (χ3v) is 5.51. The molecule has 4 rings (SSSR count). The number of rotatable bonds is 8. The van der Waals surface area contributed by atoms with Gasteiger partial charge in [0.2, 0.25) is 5.95 Å². The Morgan fingerprint density at radius 2 is 1.74 bits per heavy atom. The average molecular weight is 462 g/mol. The Kier molecular flexibility index (Phi) is 7.54. The molecule has 9 nitrogen and oxygen atoms in total. The number of nitrogens with zero attached hydrogens (tertiary/aromatic N) is 3. The minimum absolute atomic E-state index is 0.101. The number of carbonyl (C=O) groups is 2. The Hall–Kier alpha value is -4.14. The van der Waals surface area contributed by atoms with E-state index in [2.05, 4.69) is 25.5 Å². The molecular formula is C25H27N5O4. The first kappa shape index (κ1) is 23.0. The van der Waals surface area contributed by atoms with Gasteiger partial charge in [-0.2, -0.15) is 0 Å². The van der Waals surface area contributed by atoms with Gasteiger partial charge in [0.15, 0.2) is 6.61 Å². The van der Waals surface area contributed by atoms with E-state index >= 15 is 0 Å². The molecular weight excluding hydrogens is 434 g/mol. The molecule has 0 saturated carbocycles. The molecule has 1 fully saturated rings. The second-order valence-electron chi connectivity index (χ2n) is 7.88. The lowest BCUT2D eigenvalue weighted by atomic mass is 10.0. The second-order valence-corrected chi connectivity index (χ2v) is 7.88. The summed E-state index contributed by atoms with van der Waals surface area (Å²) in [5.41, 5.74) is 1.17. The van der Waals surface area contributed by atoms with Crippen molar-refractivity contribution in [3.8, 4) is 11.5 Å². The van der Waals surface area contributed by atoms with E-state index in [0.717, 1.165) is 31.9 Å². The van der Waals surface area contributed by atoms with Crippen LogP contribution >= 0.6 is 0 Å². The van der Waals surface area contributed by atoms with Crippen LogP contribution in [0.1, 0.15) is 23.2 Å². The maximum Gasteiger partial charge on any atom is 0.262 e. The van der Waals surface area contributed by atoms with Crippen LogP contribution in [0.15, 0.2) is 67.0 Å². The molecule has 0 unspecified atom stereocenters. The van der Waals surface area contributed by atoms with Crippen molar-refractivity contribution in [1.29, 1.82) is 0 Å². The summed E-state index contributed by atoms with van der Waals surface area (Å²) < 4.78 is 10.7. The third-order valence-electron chi connectivity index (χ3n) is 5.51. The molecule has 1 aliphatic rings. The van der Waals surface area contributed by atoms with Gasteiger partial charge in [0, 0.05) is 48.8 Å². The number of piperidine rings is 1. The zero-order chi connectivity index (χ0) is 23.8. The molecule has 0 spiro atoms. The number of hydrogen-bond acceptors (Lipinski definition) is 7. The lowest BCUT2D eigenvalue weighted by Gasteiger charge is -2.32. The van der Waals surface area contributed by atoms with Crippen LogP contribution in [0, 0.1) is 0 Å². The molecule has 0 aliphatic carbocycles. The molecule has 34 heavy (non-hydrogen) atoms. The molecule has 2 N–H and O–H groups in total. The van der Waals surface area contributed by atoms with Crippen molar-refractivity contribution in [3.05, 3.63) is 72.6 Å². The molecule has 2 aromatic carbocycles. The van der Waals surface area contributed by atoms with Crippen LogP contribution in [-0.4, -0.2) is 54.6 Å². The summed E-state index contributed by atoms with van der Waals surface area (Å²) in [6.07, 6.45) is 5.12.